The van der Waals surface area contributed by atoms with Crippen LogP contribution in [0.1, 0.15) is 0 Å². The van der Waals surface area contributed by atoms with E-state index in [4.69, 9.17) is 4.42 Å². The lowest BCUT2D eigenvalue weighted by molar-refractivity contribution is 0.507. The van der Waals surface area contributed by atoms with Crippen LogP contribution in [-0.2, 0) is 0 Å². The van der Waals surface area contributed by atoms with Crippen molar-refractivity contribution in [2.45, 2.75) is 0 Å². The smallest absolute Gasteiger partial charge is 0.195 e. The average molecular weight is 231 g/mol. The molecule has 0 atom stereocenters. The molecule has 1 aliphatic heterocycles. The van der Waals surface area contributed by atoms with Gasteiger partial charge >= 0.3 is 0 Å². The van der Waals surface area contributed by atoms with Crippen molar-refractivity contribution in [3.63, 3.8) is 0 Å². The van der Waals surface area contributed by atoms with Crippen molar-refractivity contribution in [2.24, 2.45) is 0 Å². The molecule has 0 amide bonds. The van der Waals surface area contributed by atoms with Gasteiger partial charge in [0.2, 0.25) is 0 Å². The molecule has 90 valence electrons. The number of hydrogen-bond donors (Lipinski definition) is 1. The van der Waals surface area contributed by atoms with Crippen molar-refractivity contribution in [2.75, 3.05) is 31.1 Å². The van der Waals surface area contributed by atoms with Gasteiger partial charge in [-0.1, -0.05) is 6.07 Å². The van der Waals surface area contributed by atoms with Crippen molar-refractivity contribution in [1.29, 1.82) is 0 Å². The number of furan rings is 1. The number of aromatic nitrogens is 1. The van der Waals surface area contributed by atoms with Crippen LogP contribution in [-0.4, -0.2) is 31.2 Å². The highest BCUT2D eigenvalue weighted by Crippen LogP contribution is 2.13. The predicted molar refractivity (Wildman–Crippen MR) is 68.0 cm³/mol. The Hall–Kier alpha value is -1.81. The number of anilines is 1. The lowest BCUT2D eigenvalue weighted by atomic mass is 10.4. The lowest BCUT2D eigenvalue weighted by Gasteiger charge is -2.26. The van der Waals surface area contributed by atoms with E-state index in [1.54, 1.807) is 18.7 Å². The summed E-state index contributed by atoms with van der Waals surface area (Å²) < 4.78 is 5.27. The van der Waals surface area contributed by atoms with Gasteiger partial charge in [-0.2, -0.15) is 0 Å². The van der Waals surface area contributed by atoms with Crippen molar-refractivity contribution in [3.8, 4) is 0 Å². The van der Waals surface area contributed by atoms with Gasteiger partial charge in [0.15, 0.2) is 5.88 Å². The van der Waals surface area contributed by atoms with Gasteiger partial charge in [0.1, 0.15) is 0 Å². The first-order chi connectivity index (χ1) is 8.47. The molecule has 1 N–H and O–H groups in total. The molecule has 0 saturated carbocycles. The van der Waals surface area contributed by atoms with E-state index in [0.29, 0.717) is 0 Å². The predicted octanol–water partition coefficient (Wildman–Crippen LogP) is 1.77. The van der Waals surface area contributed by atoms with Gasteiger partial charge < -0.3 is 14.6 Å². The Morgan fingerprint density at radius 1 is 1.06 bits per heavy atom. The molecule has 4 heteroatoms. The highest BCUT2D eigenvalue weighted by atomic mass is 16.3. The molecule has 0 spiro atoms. The summed E-state index contributed by atoms with van der Waals surface area (Å²) in [6.45, 7) is 4.21. The second-order valence-corrected chi connectivity index (χ2v) is 3.71. The first kappa shape index (κ1) is 11.7. The van der Waals surface area contributed by atoms with E-state index >= 15 is 0 Å². The standard InChI is InChI=1S/C8H12N2O.C5H5N/c1-2-8(11-7-1)10-5-3-9-4-6-10;1-2-4-6-5-3-1/h1-2,7,9H,3-6H2;1-5H. The van der Waals surface area contributed by atoms with E-state index in [2.05, 4.69) is 15.2 Å². The van der Waals surface area contributed by atoms with Crippen molar-refractivity contribution in [3.05, 3.63) is 49.0 Å². The highest BCUT2D eigenvalue weighted by molar-refractivity contribution is 5.34. The van der Waals surface area contributed by atoms with Gasteiger partial charge in [-0.25, -0.2) is 0 Å². The Morgan fingerprint density at radius 3 is 2.29 bits per heavy atom. The molecule has 4 nitrogen and oxygen atoms in total. The molecular weight excluding hydrogens is 214 g/mol. The molecule has 17 heavy (non-hydrogen) atoms. The second-order valence-electron chi connectivity index (χ2n) is 3.71. The van der Waals surface area contributed by atoms with Gasteiger partial charge in [0.05, 0.1) is 6.26 Å². The van der Waals surface area contributed by atoms with Gasteiger partial charge in [-0.05, 0) is 18.2 Å². The summed E-state index contributed by atoms with van der Waals surface area (Å²) in [4.78, 5) is 6.03. The molecule has 1 fully saturated rings. The van der Waals surface area contributed by atoms with Crippen LogP contribution in [0.3, 0.4) is 0 Å². The van der Waals surface area contributed by atoms with Crippen LogP contribution < -0.4 is 10.2 Å². The number of pyridine rings is 1. The van der Waals surface area contributed by atoms with Crippen LogP contribution in [0.25, 0.3) is 0 Å². The minimum atomic E-state index is 0.992. The first-order valence-electron chi connectivity index (χ1n) is 5.81. The van der Waals surface area contributed by atoms with E-state index in [0.717, 1.165) is 32.1 Å². The quantitative estimate of drug-likeness (QED) is 0.812. The zero-order chi connectivity index (χ0) is 11.8. The topological polar surface area (TPSA) is 41.3 Å². The van der Waals surface area contributed by atoms with E-state index < -0.39 is 0 Å². The minimum absolute atomic E-state index is 0.992. The SMILES string of the molecule is c1ccncc1.c1coc(N2CCNCC2)c1. The summed E-state index contributed by atoms with van der Waals surface area (Å²) in [5, 5.41) is 3.29. The molecule has 2 aromatic rings. The van der Waals surface area contributed by atoms with Crippen molar-refractivity contribution < 1.29 is 4.42 Å². The normalized spacial score (nSPS) is 14.9. The first-order valence-corrected chi connectivity index (χ1v) is 5.81. The summed E-state index contributed by atoms with van der Waals surface area (Å²) in [7, 11) is 0. The van der Waals surface area contributed by atoms with E-state index in [9.17, 15) is 0 Å². The Morgan fingerprint density at radius 2 is 1.82 bits per heavy atom. The fourth-order valence-corrected chi connectivity index (χ4v) is 1.65. The zero-order valence-electron chi connectivity index (χ0n) is 9.75. The molecule has 1 aliphatic rings. The van der Waals surface area contributed by atoms with Gasteiger partial charge in [0.25, 0.3) is 0 Å². The zero-order valence-corrected chi connectivity index (χ0v) is 9.75. The molecule has 0 unspecified atom stereocenters. The third kappa shape index (κ3) is 3.92. The maximum absolute atomic E-state index is 5.27. The maximum atomic E-state index is 5.27. The molecule has 3 rings (SSSR count). The van der Waals surface area contributed by atoms with Crippen LogP contribution in [0.15, 0.2) is 53.4 Å². The molecule has 0 aliphatic carbocycles. The summed E-state index contributed by atoms with van der Waals surface area (Å²) in [6, 6.07) is 9.65. The summed E-state index contributed by atoms with van der Waals surface area (Å²) >= 11 is 0. The summed E-state index contributed by atoms with van der Waals surface area (Å²) in [5.74, 6) is 0.992. The van der Waals surface area contributed by atoms with Crippen LogP contribution >= 0.6 is 0 Å². The molecule has 3 heterocycles. The third-order valence-electron chi connectivity index (χ3n) is 2.50. The number of nitrogens with one attached hydrogen (secondary N) is 1. The van der Waals surface area contributed by atoms with Crippen LogP contribution in [0, 0.1) is 0 Å². The molecule has 2 aromatic heterocycles. The Labute approximate surface area is 101 Å². The number of nitrogens with zero attached hydrogens (tertiary/aromatic N) is 2. The largest absolute Gasteiger partial charge is 0.449 e. The lowest BCUT2D eigenvalue weighted by Crippen LogP contribution is -2.43. The van der Waals surface area contributed by atoms with Crippen molar-refractivity contribution >= 4 is 5.88 Å². The number of piperazine rings is 1. The van der Waals surface area contributed by atoms with Gasteiger partial charge in [0, 0.05) is 44.6 Å². The second kappa shape index (κ2) is 6.70. The molecule has 0 bridgehead atoms. The van der Waals surface area contributed by atoms with Crippen molar-refractivity contribution in [1.82, 2.24) is 10.3 Å². The maximum Gasteiger partial charge on any atom is 0.195 e. The molecular formula is C13H17N3O. The van der Waals surface area contributed by atoms with Gasteiger partial charge in [-0.15, -0.1) is 0 Å². The van der Waals surface area contributed by atoms with Crippen LogP contribution in [0.2, 0.25) is 0 Å². The Kier molecular flexibility index (Phi) is 4.60. The minimum Gasteiger partial charge on any atom is -0.449 e. The van der Waals surface area contributed by atoms with Crippen LogP contribution in [0.4, 0.5) is 5.88 Å². The fraction of sp³-hybridized carbons (Fsp3) is 0.308. The van der Waals surface area contributed by atoms with E-state index in [-0.39, 0.29) is 0 Å². The summed E-state index contributed by atoms with van der Waals surface area (Å²) in [6.07, 6.45) is 5.22. The Balaban J connectivity index is 0.000000153. The molecule has 0 radical (unpaired) electrons. The average Bonchev–Trinajstić information content (AvgIpc) is 2.96. The number of rotatable bonds is 1. The highest BCUT2D eigenvalue weighted by Gasteiger charge is 2.11. The fourth-order valence-electron chi connectivity index (χ4n) is 1.65. The third-order valence-corrected chi connectivity index (χ3v) is 2.50. The van der Waals surface area contributed by atoms with E-state index in [1.165, 1.54) is 0 Å². The number of hydrogen-bond acceptors (Lipinski definition) is 4. The monoisotopic (exact) mass is 231 g/mol. The summed E-state index contributed by atoms with van der Waals surface area (Å²) in [5.41, 5.74) is 0. The molecule has 0 aromatic carbocycles. The van der Waals surface area contributed by atoms with E-state index in [1.807, 2.05) is 30.3 Å². The Bertz CT molecular complexity index is 356. The molecule has 1 saturated heterocycles. The van der Waals surface area contributed by atoms with Gasteiger partial charge in [-0.3, -0.25) is 4.98 Å². The van der Waals surface area contributed by atoms with Crippen LogP contribution in [0.5, 0.6) is 0 Å².